The van der Waals surface area contributed by atoms with Gasteiger partial charge in [-0.05, 0) is 30.2 Å². The maximum Gasteiger partial charge on any atom is 0.141 e. The first-order valence-corrected chi connectivity index (χ1v) is 5.63. The Balaban J connectivity index is 2.80. The lowest BCUT2D eigenvalue weighted by Crippen LogP contribution is -2.24. The van der Waals surface area contributed by atoms with Crippen LogP contribution in [0, 0.1) is 11.7 Å². The van der Waals surface area contributed by atoms with Crippen molar-refractivity contribution in [3.8, 4) is 0 Å². The number of halogens is 2. The highest BCUT2D eigenvalue weighted by Gasteiger charge is 2.16. The molecule has 1 aromatic carbocycles. The number of carbonyl (C=O) groups excluding carboxylic acids is 1. The van der Waals surface area contributed by atoms with Gasteiger partial charge >= 0.3 is 0 Å². The topological polar surface area (TPSA) is 43.1 Å². The van der Waals surface area contributed by atoms with Crippen LogP contribution in [-0.4, -0.2) is 12.3 Å². The van der Waals surface area contributed by atoms with E-state index in [4.69, 9.17) is 17.3 Å². The molecule has 0 saturated heterocycles. The molecule has 0 aromatic heterocycles. The minimum absolute atomic E-state index is 0.0116. The summed E-state index contributed by atoms with van der Waals surface area (Å²) < 4.78 is 13.0. The zero-order chi connectivity index (χ0) is 12.1. The average Bonchev–Trinajstić information content (AvgIpc) is 2.25. The molecule has 0 fully saturated rings. The first-order chi connectivity index (χ1) is 7.58. The first-order valence-electron chi connectivity index (χ1n) is 5.25. The standard InChI is InChI=1S/C12H15ClFNO/c1-2-8(7-15)12(16)6-9-5-10(14)3-4-11(9)13/h3-5,8H,2,6-7,15H2,1H3. The molecule has 16 heavy (non-hydrogen) atoms. The number of carbonyl (C=O) groups is 1. The van der Waals surface area contributed by atoms with Crippen molar-refractivity contribution >= 4 is 17.4 Å². The molecule has 4 heteroatoms. The molecule has 2 nitrogen and oxygen atoms in total. The molecule has 0 bridgehead atoms. The normalized spacial score (nSPS) is 12.5. The molecule has 88 valence electrons. The molecule has 1 aromatic rings. The fourth-order valence-corrected chi connectivity index (χ4v) is 1.72. The minimum Gasteiger partial charge on any atom is -0.330 e. The second kappa shape index (κ2) is 5.97. The summed E-state index contributed by atoms with van der Waals surface area (Å²) in [5.41, 5.74) is 6.00. The van der Waals surface area contributed by atoms with Crippen molar-refractivity contribution in [1.29, 1.82) is 0 Å². The second-order valence-corrected chi connectivity index (χ2v) is 4.13. The van der Waals surface area contributed by atoms with Crippen molar-refractivity contribution in [2.75, 3.05) is 6.54 Å². The van der Waals surface area contributed by atoms with Crippen LogP contribution in [0.3, 0.4) is 0 Å². The minimum atomic E-state index is -0.381. The van der Waals surface area contributed by atoms with Crippen LogP contribution >= 0.6 is 11.6 Å². The Hall–Kier alpha value is -0.930. The van der Waals surface area contributed by atoms with Gasteiger partial charge in [-0.3, -0.25) is 4.79 Å². The van der Waals surface area contributed by atoms with Gasteiger partial charge in [-0.25, -0.2) is 4.39 Å². The summed E-state index contributed by atoms with van der Waals surface area (Å²) in [6.07, 6.45) is 0.842. The van der Waals surface area contributed by atoms with Crippen molar-refractivity contribution in [3.05, 3.63) is 34.6 Å². The zero-order valence-electron chi connectivity index (χ0n) is 9.17. The highest BCUT2D eigenvalue weighted by molar-refractivity contribution is 6.31. The monoisotopic (exact) mass is 243 g/mol. The van der Waals surface area contributed by atoms with Crippen LogP contribution in [0.2, 0.25) is 5.02 Å². The van der Waals surface area contributed by atoms with Crippen molar-refractivity contribution < 1.29 is 9.18 Å². The van der Waals surface area contributed by atoms with Gasteiger partial charge in [0.1, 0.15) is 11.6 Å². The van der Waals surface area contributed by atoms with E-state index in [1.165, 1.54) is 18.2 Å². The van der Waals surface area contributed by atoms with Gasteiger partial charge in [0.25, 0.3) is 0 Å². The van der Waals surface area contributed by atoms with Gasteiger partial charge in [-0.2, -0.15) is 0 Å². The summed E-state index contributed by atoms with van der Waals surface area (Å²) in [5.74, 6) is -0.537. The van der Waals surface area contributed by atoms with Gasteiger partial charge in [0.15, 0.2) is 0 Å². The van der Waals surface area contributed by atoms with Crippen LogP contribution in [0.5, 0.6) is 0 Å². The third-order valence-electron chi connectivity index (χ3n) is 2.61. The fraction of sp³-hybridized carbons (Fsp3) is 0.417. The van der Waals surface area contributed by atoms with Crippen molar-refractivity contribution in [1.82, 2.24) is 0 Å². The Morgan fingerprint density at radius 1 is 1.56 bits per heavy atom. The summed E-state index contributed by atoms with van der Waals surface area (Å²) in [5, 5.41) is 0.418. The number of Topliss-reactive ketones (excluding diaryl/α,β-unsaturated/α-hetero) is 1. The van der Waals surface area contributed by atoms with Crippen molar-refractivity contribution in [2.45, 2.75) is 19.8 Å². The molecule has 0 aliphatic carbocycles. The SMILES string of the molecule is CCC(CN)C(=O)Cc1cc(F)ccc1Cl. The van der Waals surface area contributed by atoms with Crippen LogP contribution in [0.4, 0.5) is 4.39 Å². The van der Waals surface area contributed by atoms with Gasteiger partial charge in [0, 0.05) is 23.9 Å². The molecule has 2 N–H and O–H groups in total. The summed E-state index contributed by atoms with van der Waals surface area (Å²) >= 11 is 5.88. The summed E-state index contributed by atoms with van der Waals surface area (Å²) in [7, 11) is 0. The number of rotatable bonds is 5. The molecule has 0 saturated carbocycles. The smallest absolute Gasteiger partial charge is 0.141 e. The quantitative estimate of drug-likeness (QED) is 0.864. The molecule has 1 unspecified atom stereocenters. The van der Waals surface area contributed by atoms with Crippen LogP contribution in [0.1, 0.15) is 18.9 Å². The van der Waals surface area contributed by atoms with Crippen LogP contribution in [0.25, 0.3) is 0 Å². The Bertz CT molecular complexity index is 377. The summed E-state index contributed by atoms with van der Waals surface area (Å²) in [4.78, 5) is 11.8. The highest BCUT2D eigenvalue weighted by atomic mass is 35.5. The third kappa shape index (κ3) is 3.29. The van der Waals surface area contributed by atoms with Gasteiger partial charge in [-0.15, -0.1) is 0 Å². The molecule has 0 heterocycles. The number of nitrogens with two attached hydrogens (primary N) is 1. The van der Waals surface area contributed by atoms with E-state index >= 15 is 0 Å². The average molecular weight is 244 g/mol. The lowest BCUT2D eigenvalue weighted by atomic mass is 9.96. The highest BCUT2D eigenvalue weighted by Crippen LogP contribution is 2.19. The Morgan fingerprint density at radius 2 is 2.25 bits per heavy atom. The zero-order valence-corrected chi connectivity index (χ0v) is 9.93. The predicted molar refractivity (Wildman–Crippen MR) is 63.0 cm³/mol. The molecule has 0 aliphatic rings. The number of hydrogen-bond acceptors (Lipinski definition) is 2. The van der Waals surface area contributed by atoms with E-state index in [1.807, 2.05) is 6.92 Å². The molecular formula is C12H15ClFNO. The van der Waals surface area contributed by atoms with Gasteiger partial charge in [-0.1, -0.05) is 18.5 Å². The Kier molecular flexibility index (Phi) is 4.90. The van der Waals surface area contributed by atoms with E-state index in [0.29, 0.717) is 23.6 Å². The van der Waals surface area contributed by atoms with Crippen molar-refractivity contribution in [3.63, 3.8) is 0 Å². The first kappa shape index (κ1) is 13.1. The predicted octanol–water partition coefficient (Wildman–Crippen LogP) is 2.58. The van der Waals surface area contributed by atoms with E-state index in [0.717, 1.165) is 0 Å². The Morgan fingerprint density at radius 3 is 2.81 bits per heavy atom. The maximum absolute atomic E-state index is 13.0. The van der Waals surface area contributed by atoms with Gasteiger partial charge < -0.3 is 5.73 Å². The molecular weight excluding hydrogens is 229 g/mol. The van der Waals surface area contributed by atoms with Crippen LogP contribution < -0.4 is 5.73 Å². The lowest BCUT2D eigenvalue weighted by Gasteiger charge is -2.11. The van der Waals surface area contributed by atoms with Gasteiger partial charge in [0.2, 0.25) is 0 Å². The summed E-state index contributed by atoms with van der Waals surface area (Å²) in [6, 6.07) is 4.03. The fourth-order valence-electron chi connectivity index (χ4n) is 1.54. The largest absolute Gasteiger partial charge is 0.330 e. The van der Waals surface area contributed by atoms with E-state index in [9.17, 15) is 9.18 Å². The van der Waals surface area contributed by atoms with E-state index in [2.05, 4.69) is 0 Å². The van der Waals surface area contributed by atoms with E-state index < -0.39 is 0 Å². The van der Waals surface area contributed by atoms with Crippen LogP contribution in [-0.2, 0) is 11.2 Å². The third-order valence-corrected chi connectivity index (χ3v) is 2.97. The summed E-state index contributed by atoms with van der Waals surface area (Å²) in [6.45, 7) is 2.23. The molecule has 0 radical (unpaired) electrons. The van der Waals surface area contributed by atoms with Gasteiger partial charge in [0.05, 0.1) is 0 Å². The molecule has 0 amide bonds. The number of ketones is 1. The Labute approximate surface area is 99.6 Å². The van der Waals surface area contributed by atoms with E-state index in [1.54, 1.807) is 0 Å². The second-order valence-electron chi connectivity index (χ2n) is 3.72. The number of hydrogen-bond donors (Lipinski definition) is 1. The maximum atomic E-state index is 13.0. The number of benzene rings is 1. The van der Waals surface area contributed by atoms with E-state index in [-0.39, 0.29) is 23.9 Å². The van der Waals surface area contributed by atoms with Crippen molar-refractivity contribution in [2.24, 2.45) is 11.7 Å². The lowest BCUT2D eigenvalue weighted by molar-refractivity contribution is -0.122. The molecule has 1 atom stereocenters. The molecule has 0 aliphatic heterocycles. The molecule has 0 spiro atoms. The van der Waals surface area contributed by atoms with Crippen LogP contribution in [0.15, 0.2) is 18.2 Å². The molecule has 1 rings (SSSR count).